The molecule has 0 saturated carbocycles. The molecule has 0 aliphatic carbocycles. The van der Waals surface area contributed by atoms with Crippen molar-refractivity contribution in [1.82, 2.24) is 9.80 Å². The zero-order valence-electron chi connectivity index (χ0n) is 16.0. The Morgan fingerprint density at radius 3 is 2.73 bits per heavy atom. The van der Waals surface area contributed by atoms with Crippen molar-refractivity contribution in [2.24, 2.45) is 5.92 Å². The molecule has 4 heteroatoms. The second-order valence-electron chi connectivity index (χ2n) is 7.81. The van der Waals surface area contributed by atoms with Crippen LogP contribution >= 0.6 is 0 Å². The van der Waals surface area contributed by atoms with Crippen molar-refractivity contribution in [2.75, 3.05) is 39.3 Å². The van der Waals surface area contributed by atoms with E-state index in [2.05, 4.69) is 40.1 Å². The molecule has 0 unspecified atom stereocenters. The van der Waals surface area contributed by atoms with E-state index >= 15 is 0 Å². The Labute approximate surface area is 158 Å². The van der Waals surface area contributed by atoms with Gasteiger partial charge in [-0.3, -0.25) is 4.90 Å². The minimum absolute atomic E-state index is 0.197. The lowest BCUT2D eigenvalue weighted by Gasteiger charge is -2.29. The van der Waals surface area contributed by atoms with E-state index in [4.69, 9.17) is 10.00 Å². The van der Waals surface area contributed by atoms with Crippen LogP contribution < -0.4 is 4.74 Å². The van der Waals surface area contributed by atoms with Crippen LogP contribution in [0, 0.1) is 17.2 Å². The van der Waals surface area contributed by atoms with E-state index in [1.807, 2.05) is 0 Å². The second-order valence-corrected chi connectivity index (χ2v) is 7.81. The fourth-order valence-corrected chi connectivity index (χ4v) is 4.11. The van der Waals surface area contributed by atoms with Crippen molar-refractivity contribution >= 4 is 0 Å². The SMILES string of the molecule is N#C[C@H]1CCCN(Cc2cccc(OCCCCN3CCCCC3)c2)C1. The zero-order valence-corrected chi connectivity index (χ0v) is 16.0. The molecule has 2 saturated heterocycles. The van der Waals surface area contributed by atoms with E-state index in [-0.39, 0.29) is 5.92 Å². The molecule has 0 N–H and O–H groups in total. The first kappa shape index (κ1) is 19.2. The number of benzene rings is 1. The summed E-state index contributed by atoms with van der Waals surface area (Å²) in [6.45, 7) is 7.51. The fourth-order valence-electron chi connectivity index (χ4n) is 4.11. The monoisotopic (exact) mass is 355 g/mol. The fraction of sp³-hybridized carbons (Fsp3) is 0.682. The Hall–Kier alpha value is -1.57. The highest BCUT2D eigenvalue weighted by atomic mass is 16.5. The highest BCUT2D eigenvalue weighted by Gasteiger charge is 2.19. The molecule has 142 valence electrons. The Balaban J connectivity index is 1.36. The Kier molecular flexibility index (Phi) is 7.79. The smallest absolute Gasteiger partial charge is 0.119 e. The predicted octanol–water partition coefficient (Wildman–Crippen LogP) is 4.07. The van der Waals surface area contributed by atoms with Crippen LogP contribution in [0.25, 0.3) is 0 Å². The highest BCUT2D eigenvalue weighted by Crippen LogP contribution is 2.20. The van der Waals surface area contributed by atoms with Crippen molar-refractivity contribution in [3.8, 4) is 11.8 Å². The van der Waals surface area contributed by atoms with Gasteiger partial charge in [-0.05, 0) is 82.4 Å². The predicted molar refractivity (Wildman–Crippen MR) is 105 cm³/mol. The number of nitriles is 1. The molecule has 1 atom stereocenters. The van der Waals surface area contributed by atoms with Crippen LogP contribution in [0.5, 0.6) is 5.75 Å². The largest absolute Gasteiger partial charge is 0.494 e. The maximum absolute atomic E-state index is 9.14. The molecule has 3 rings (SSSR count). The number of ether oxygens (including phenoxy) is 1. The average Bonchev–Trinajstić information content (AvgIpc) is 2.69. The summed E-state index contributed by atoms with van der Waals surface area (Å²) in [4.78, 5) is 4.99. The summed E-state index contributed by atoms with van der Waals surface area (Å²) >= 11 is 0. The van der Waals surface area contributed by atoms with Gasteiger partial charge in [-0.1, -0.05) is 18.6 Å². The van der Waals surface area contributed by atoms with Gasteiger partial charge in [-0.2, -0.15) is 5.26 Å². The summed E-state index contributed by atoms with van der Waals surface area (Å²) in [5.74, 6) is 1.18. The lowest BCUT2D eigenvalue weighted by molar-refractivity contribution is 0.192. The summed E-state index contributed by atoms with van der Waals surface area (Å²) < 4.78 is 5.98. The minimum Gasteiger partial charge on any atom is -0.494 e. The first-order valence-corrected chi connectivity index (χ1v) is 10.4. The van der Waals surface area contributed by atoms with E-state index in [1.54, 1.807) is 0 Å². The van der Waals surface area contributed by atoms with Gasteiger partial charge in [-0.25, -0.2) is 0 Å². The van der Waals surface area contributed by atoms with Crippen molar-refractivity contribution in [2.45, 2.75) is 51.5 Å². The molecule has 0 bridgehead atoms. The van der Waals surface area contributed by atoms with Crippen molar-refractivity contribution < 1.29 is 4.74 Å². The summed E-state index contributed by atoms with van der Waals surface area (Å²) in [5.41, 5.74) is 1.29. The molecule has 2 aliphatic rings. The molecule has 0 radical (unpaired) electrons. The van der Waals surface area contributed by atoms with Crippen LogP contribution in [0.15, 0.2) is 24.3 Å². The molecule has 2 aliphatic heterocycles. The molecule has 0 amide bonds. The number of hydrogen-bond acceptors (Lipinski definition) is 4. The second kappa shape index (κ2) is 10.5. The van der Waals surface area contributed by atoms with Crippen LogP contribution in [0.1, 0.15) is 50.5 Å². The van der Waals surface area contributed by atoms with Gasteiger partial charge in [-0.15, -0.1) is 0 Å². The molecular formula is C22H33N3O. The standard InChI is InChI=1S/C22H33N3O/c23-17-21-9-7-14-25(19-21)18-20-8-6-10-22(16-20)26-15-5-4-13-24-11-2-1-3-12-24/h6,8,10,16,21H,1-5,7,9,11-15,18-19H2/t21-/m1/s1. The summed E-state index contributed by atoms with van der Waals surface area (Å²) in [6.07, 6.45) is 8.67. The van der Waals surface area contributed by atoms with Crippen molar-refractivity contribution in [3.05, 3.63) is 29.8 Å². The third-order valence-electron chi connectivity index (χ3n) is 5.58. The van der Waals surface area contributed by atoms with Gasteiger partial charge in [0, 0.05) is 13.1 Å². The third-order valence-corrected chi connectivity index (χ3v) is 5.58. The summed E-state index contributed by atoms with van der Waals surface area (Å²) in [5, 5.41) is 9.14. The van der Waals surface area contributed by atoms with Gasteiger partial charge in [0.05, 0.1) is 18.6 Å². The maximum Gasteiger partial charge on any atom is 0.119 e. The maximum atomic E-state index is 9.14. The molecule has 1 aromatic carbocycles. The van der Waals surface area contributed by atoms with E-state index < -0.39 is 0 Å². The molecular weight excluding hydrogens is 322 g/mol. The van der Waals surface area contributed by atoms with E-state index in [1.165, 1.54) is 50.9 Å². The molecule has 2 heterocycles. The minimum atomic E-state index is 0.197. The Morgan fingerprint density at radius 1 is 1.04 bits per heavy atom. The first-order valence-electron chi connectivity index (χ1n) is 10.4. The average molecular weight is 356 g/mol. The van der Waals surface area contributed by atoms with Gasteiger partial charge in [0.2, 0.25) is 0 Å². The molecule has 0 spiro atoms. The first-order chi connectivity index (χ1) is 12.8. The molecule has 1 aromatic rings. The lowest BCUT2D eigenvalue weighted by atomic mass is 9.99. The zero-order chi connectivity index (χ0) is 18.0. The Morgan fingerprint density at radius 2 is 1.88 bits per heavy atom. The van der Waals surface area contributed by atoms with Gasteiger partial charge < -0.3 is 9.64 Å². The molecule has 26 heavy (non-hydrogen) atoms. The number of piperidine rings is 2. The lowest BCUT2D eigenvalue weighted by Crippen LogP contribution is -2.34. The van der Waals surface area contributed by atoms with E-state index in [0.717, 1.165) is 51.3 Å². The topological polar surface area (TPSA) is 39.5 Å². The summed E-state index contributed by atoms with van der Waals surface area (Å²) in [7, 11) is 0. The number of likely N-dealkylation sites (tertiary alicyclic amines) is 2. The highest BCUT2D eigenvalue weighted by molar-refractivity contribution is 5.28. The van der Waals surface area contributed by atoms with Gasteiger partial charge >= 0.3 is 0 Å². The number of rotatable bonds is 8. The Bertz CT molecular complexity index is 577. The van der Waals surface area contributed by atoms with Crippen LogP contribution in [-0.4, -0.2) is 49.1 Å². The van der Waals surface area contributed by atoms with E-state index in [9.17, 15) is 0 Å². The van der Waals surface area contributed by atoms with Gasteiger partial charge in [0.15, 0.2) is 0 Å². The molecule has 2 fully saturated rings. The van der Waals surface area contributed by atoms with E-state index in [0.29, 0.717) is 0 Å². The van der Waals surface area contributed by atoms with Gasteiger partial charge in [0.25, 0.3) is 0 Å². The van der Waals surface area contributed by atoms with Gasteiger partial charge in [0.1, 0.15) is 5.75 Å². The van der Waals surface area contributed by atoms with Crippen LogP contribution in [0.2, 0.25) is 0 Å². The normalized spacial score (nSPS) is 22.0. The summed E-state index contributed by atoms with van der Waals surface area (Å²) in [6, 6.07) is 10.9. The van der Waals surface area contributed by atoms with Crippen molar-refractivity contribution in [1.29, 1.82) is 5.26 Å². The number of unbranched alkanes of at least 4 members (excludes halogenated alkanes) is 1. The number of hydrogen-bond donors (Lipinski definition) is 0. The number of nitrogens with zero attached hydrogens (tertiary/aromatic N) is 3. The molecule has 4 nitrogen and oxygen atoms in total. The third kappa shape index (κ3) is 6.30. The van der Waals surface area contributed by atoms with Crippen LogP contribution in [0.3, 0.4) is 0 Å². The van der Waals surface area contributed by atoms with Crippen LogP contribution in [0.4, 0.5) is 0 Å². The quantitative estimate of drug-likeness (QED) is 0.659. The van der Waals surface area contributed by atoms with Crippen LogP contribution in [-0.2, 0) is 6.54 Å². The molecule has 0 aromatic heterocycles. The van der Waals surface area contributed by atoms with Crippen molar-refractivity contribution in [3.63, 3.8) is 0 Å².